The van der Waals surface area contributed by atoms with E-state index in [2.05, 4.69) is 12.2 Å². The third kappa shape index (κ3) is 5.13. The van der Waals surface area contributed by atoms with E-state index >= 15 is 0 Å². The van der Waals surface area contributed by atoms with E-state index in [1.54, 1.807) is 0 Å². The topological polar surface area (TPSA) is 50.8 Å². The molecular formula is C17H32N2O3. The lowest BCUT2D eigenvalue weighted by atomic mass is 9.82. The van der Waals surface area contributed by atoms with Crippen molar-refractivity contribution in [1.82, 2.24) is 10.2 Å². The zero-order chi connectivity index (χ0) is 16.2. The Kier molecular flexibility index (Phi) is 5.72. The Morgan fingerprint density at radius 1 is 1.36 bits per heavy atom. The van der Waals surface area contributed by atoms with Crippen LogP contribution in [0.4, 0.5) is 4.79 Å². The van der Waals surface area contributed by atoms with Crippen molar-refractivity contribution >= 4 is 6.09 Å². The van der Waals surface area contributed by atoms with E-state index < -0.39 is 5.60 Å². The van der Waals surface area contributed by atoms with Gasteiger partial charge in [-0.3, -0.25) is 0 Å². The maximum Gasteiger partial charge on any atom is 0.410 e. The summed E-state index contributed by atoms with van der Waals surface area (Å²) in [5.74, 6) is 0. The molecule has 0 spiro atoms. The van der Waals surface area contributed by atoms with Gasteiger partial charge >= 0.3 is 6.09 Å². The predicted molar refractivity (Wildman–Crippen MR) is 87.0 cm³/mol. The molecule has 2 aliphatic rings. The number of nitrogens with zero attached hydrogens (tertiary/aromatic N) is 1. The van der Waals surface area contributed by atoms with Gasteiger partial charge in [0, 0.05) is 38.9 Å². The number of nitrogens with one attached hydrogen (secondary N) is 1. The molecule has 2 heterocycles. The molecule has 0 aliphatic carbocycles. The molecule has 1 amide bonds. The fraction of sp³-hybridized carbons (Fsp3) is 0.941. The molecule has 2 rings (SSSR count). The van der Waals surface area contributed by atoms with Crippen molar-refractivity contribution in [3.05, 3.63) is 0 Å². The SMILES string of the molecule is CC1(CNCC2CCCN2C(=O)OC(C)(C)C)CCOCC1. The molecule has 1 N–H and O–H groups in total. The molecule has 2 saturated heterocycles. The highest BCUT2D eigenvalue weighted by Gasteiger charge is 2.33. The lowest BCUT2D eigenvalue weighted by Crippen LogP contribution is -2.46. The van der Waals surface area contributed by atoms with Gasteiger partial charge in [-0.2, -0.15) is 0 Å². The summed E-state index contributed by atoms with van der Waals surface area (Å²) in [6, 6.07) is 0.262. The van der Waals surface area contributed by atoms with Crippen molar-refractivity contribution in [2.75, 3.05) is 32.8 Å². The first-order valence-electron chi connectivity index (χ1n) is 8.57. The number of hydrogen-bond donors (Lipinski definition) is 1. The van der Waals surface area contributed by atoms with Crippen LogP contribution in [0.2, 0.25) is 0 Å². The summed E-state index contributed by atoms with van der Waals surface area (Å²) in [5.41, 5.74) is -0.0964. The number of carbonyl (C=O) groups excluding carboxylic acids is 1. The van der Waals surface area contributed by atoms with Crippen LogP contribution in [0, 0.1) is 5.41 Å². The average molecular weight is 312 g/mol. The van der Waals surface area contributed by atoms with Crippen LogP contribution in [-0.4, -0.2) is 55.5 Å². The third-order valence-electron chi connectivity index (χ3n) is 4.64. The first-order valence-corrected chi connectivity index (χ1v) is 8.57. The molecule has 2 aliphatic heterocycles. The number of carbonyl (C=O) groups is 1. The zero-order valence-electron chi connectivity index (χ0n) is 14.6. The van der Waals surface area contributed by atoms with Crippen LogP contribution in [0.3, 0.4) is 0 Å². The molecule has 0 bridgehead atoms. The van der Waals surface area contributed by atoms with E-state index in [0.29, 0.717) is 5.41 Å². The summed E-state index contributed by atoms with van der Waals surface area (Å²) in [5, 5.41) is 3.58. The van der Waals surface area contributed by atoms with E-state index in [1.807, 2.05) is 25.7 Å². The minimum absolute atomic E-state index is 0.172. The summed E-state index contributed by atoms with van der Waals surface area (Å²) < 4.78 is 11.0. The van der Waals surface area contributed by atoms with E-state index in [0.717, 1.165) is 58.5 Å². The molecule has 0 aromatic carbocycles. The van der Waals surface area contributed by atoms with Crippen molar-refractivity contribution < 1.29 is 14.3 Å². The van der Waals surface area contributed by atoms with Crippen molar-refractivity contribution in [2.24, 2.45) is 5.41 Å². The molecule has 0 aromatic rings. The van der Waals surface area contributed by atoms with Gasteiger partial charge < -0.3 is 19.7 Å². The van der Waals surface area contributed by atoms with Crippen molar-refractivity contribution in [1.29, 1.82) is 0 Å². The Balaban J connectivity index is 1.77. The Hall–Kier alpha value is -0.810. The first kappa shape index (κ1) is 17.5. The second-order valence-corrected chi connectivity index (χ2v) is 8.02. The summed E-state index contributed by atoms with van der Waals surface area (Å²) in [7, 11) is 0. The Morgan fingerprint density at radius 2 is 2.05 bits per heavy atom. The fourth-order valence-corrected chi connectivity index (χ4v) is 3.19. The maximum absolute atomic E-state index is 12.3. The van der Waals surface area contributed by atoms with Crippen LogP contribution in [-0.2, 0) is 9.47 Å². The largest absolute Gasteiger partial charge is 0.444 e. The predicted octanol–water partition coefficient (Wildman–Crippen LogP) is 2.79. The minimum Gasteiger partial charge on any atom is -0.444 e. The summed E-state index contributed by atoms with van der Waals surface area (Å²) in [6.45, 7) is 12.5. The Labute approximate surface area is 134 Å². The van der Waals surface area contributed by atoms with Gasteiger partial charge in [0.2, 0.25) is 0 Å². The monoisotopic (exact) mass is 312 g/mol. The van der Waals surface area contributed by atoms with Crippen molar-refractivity contribution in [3.8, 4) is 0 Å². The molecule has 5 nitrogen and oxygen atoms in total. The fourth-order valence-electron chi connectivity index (χ4n) is 3.19. The second-order valence-electron chi connectivity index (χ2n) is 8.02. The number of ether oxygens (including phenoxy) is 2. The van der Waals surface area contributed by atoms with Gasteiger partial charge in [0.1, 0.15) is 5.60 Å². The van der Waals surface area contributed by atoms with Crippen LogP contribution < -0.4 is 5.32 Å². The van der Waals surface area contributed by atoms with Crippen LogP contribution in [0.15, 0.2) is 0 Å². The van der Waals surface area contributed by atoms with Gasteiger partial charge in [-0.25, -0.2) is 4.79 Å². The molecule has 1 unspecified atom stereocenters. The third-order valence-corrected chi connectivity index (χ3v) is 4.64. The molecule has 0 aromatic heterocycles. The van der Waals surface area contributed by atoms with Crippen LogP contribution >= 0.6 is 0 Å². The van der Waals surface area contributed by atoms with Crippen molar-refractivity contribution in [2.45, 2.75) is 65.0 Å². The molecule has 1 atom stereocenters. The quantitative estimate of drug-likeness (QED) is 0.867. The van der Waals surface area contributed by atoms with Crippen molar-refractivity contribution in [3.63, 3.8) is 0 Å². The molecular weight excluding hydrogens is 280 g/mol. The van der Waals surface area contributed by atoms with E-state index in [-0.39, 0.29) is 12.1 Å². The zero-order valence-corrected chi connectivity index (χ0v) is 14.6. The van der Waals surface area contributed by atoms with Gasteiger partial charge in [-0.05, 0) is 51.9 Å². The molecule has 5 heteroatoms. The maximum atomic E-state index is 12.3. The first-order chi connectivity index (χ1) is 10.3. The van der Waals surface area contributed by atoms with E-state index in [4.69, 9.17) is 9.47 Å². The van der Waals surface area contributed by atoms with Gasteiger partial charge in [-0.15, -0.1) is 0 Å². The normalized spacial score (nSPS) is 25.3. The van der Waals surface area contributed by atoms with Crippen LogP contribution in [0.5, 0.6) is 0 Å². The molecule has 22 heavy (non-hydrogen) atoms. The smallest absolute Gasteiger partial charge is 0.410 e. The lowest BCUT2D eigenvalue weighted by molar-refractivity contribution is 0.0188. The Bertz CT molecular complexity index is 373. The average Bonchev–Trinajstić information content (AvgIpc) is 2.86. The van der Waals surface area contributed by atoms with E-state index in [9.17, 15) is 4.79 Å². The summed E-state index contributed by atoms with van der Waals surface area (Å²) in [4.78, 5) is 14.2. The highest BCUT2D eigenvalue weighted by atomic mass is 16.6. The molecule has 0 radical (unpaired) electrons. The standard InChI is InChI=1S/C17H32N2O3/c1-16(2,3)22-15(20)19-9-5-6-14(19)12-18-13-17(4)7-10-21-11-8-17/h14,18H,5-13H2,1-4H3. The van der Waals surface area contributed by atoms with Crippen LogP contribution in [0.25, 0.3) is 0 Å². The number of amides is 1. The van der Waals surface area contributed by atoms with E-state index in [1.165, 1.54) is 0 Å². The number of hydrogen-bond acceptors (Lipinski definition) is 4. The van der Waals surface area contributed by atoms with Gasteiger partial charge in [0.15, 0.2) is 0 Å². The number of rotatable bonds is 4. The van der Waals surface area contributed by atoms with Gasteiger partial charge in [0.05, 0.1) is 0 Å². The minimum atomic E-state index is -0.423. The highest BCUT2D eigenvalue weighted by molar-refractivity contribution is 5.69. The highest BCUT2D eigenvalue weighted by Crippen LogP contribution is 2.29. The molecule has 128 valence electrons. The van der Waals surface area contributed by atoms with Gasteiger partial charge in [0.25, 0.3) is 0 Å². The lowest BCUT2D eigenvalue weighted by Gasteiger charge is -2.35. The number of likely N-dealkylation sites (tertiary alicyclic amines) is 1. The molecule has 0 saturated carbocycles. The second kappa shape index (κ2) is 7.18. The van der Waals surface area contributed by atoms with Gasteiger partial charge in [-0.1, -0.05) is 6.92 Å². The Morgan fingerprint density at radius 3 is 2.68 bits per heavy atom. The van der Waals surface area contributed by atoms with Crippen LogP contribution in [0.1, 0.15) is 53.4 Å². The summed E-state index contributed by atoms with van der Waals surface area (Å²) >= 11 is 0. The molecule has 2 fully saturated rings. The summed E-state index contributed by atoms with van der Waals surface area (Å²) in [6.07, 6.45) is 4.18.